The van der Waals surface area contributed by atoms with E-state index < -0.39 is 0 Å². The number of fused-ring (bicyclic) bond motifs is 3. The Bertz CT molecular complexity index is 728. The molecular formula is C21H24N2O2. The average molecular weight is 336 g/mol. The number of piperidine rings is 1. The van der Waals surface area contributed by atoms with Crippen LogP contribution < -0.4 is 5.73 Å². The first-order valence-electron chi connectivity index (χ1n) is 9.08. The van der Waals surface area contributed by atoms with Crippen LogP contribution in [0.1, 0.15) is 29.9 Å². The van der Waals surface area contributed by atoms with Crippen molar-refractivity contribution in [1.29, 1.82) is 0 Å². The summed E-state index contributed by atoms with van der Waals surface area (Å²) in [7, 11) is 0. The maximum atomic E-state index is 12.5. The number of carbonyl (C=O) groups excluding carboxylic acids is 1. The van der Waals surface area contributed by atoms with Gasteiger partial charge in [0.25, 0.3) is 0 Å². The minimum absolute atomic E-state index is 0.117. The lowest BCUT2D eigenvalue weighted by Gasteiger charge is -2.31. The number of hydrogen-bond donors (Lipinski definition) is 1. The molecule has 0 unspecified atom stereocenters. The number of carbonyl (C=O) groups is 1. The Kier molecular flexibility index (Phi) is 4.45. The molecule has 1 amide bonds. The van der Waals surface area contributed by atoms with Crippen LogP contribution in [-0.4, -0.2) is 37.2 Å². The van der Waals surface area contributed by atoms with E-state index in [1.807, 2.05) is 4.90 Å². The van der Waals surface area contributed by atoms with Crippen molar-refractivity contribution in [2.45, 2.75) is 18.8 Å². The predicted octanol–water partition coefficient (Wildman–Crippen LogP) is 3.61. The van der Waals surface area contributed by atoms with Crippen molar-refractivity contribution in [3.05, 3.63) is 59.7 Å². The molecule has 0 saturated carbocycles. The van der Waals surface area contributed by atoms with Crippen LogP contribution in [0.5, 0.6) is 0 Å². The topological polar surface area (TPSA) is 55.6 Å². The predicted molar refractivity (Wildman–Crippen MR) is 98.4 cm³/mol. The number of nitrogens with two attached hydrogens (primary N) is 1. The highest BCUT2D eigenvalue weighted by molar-refractivity contribution is 5.79. The first-order chi connectivity index (χ1) is 12.3. The molecule has 1 saturated heterocycles. The van der Waals surface area contributed by atoms with Gasteiger partial charge in [0.05, 0.1) is 0 Å². The Balaban J connectivity index is 1.49. The van der Waals surface area contributed by atoms with Gasteiger partial charge < -0.3 is 15.4 Å². The van der Waals surface area contributed by atoms with Crippen molar-refractivity contribution in [1.82, 2.24) is 4.90 Å². The van der Waals surface area contributed by atoms with Crippen LogP contribution in [0.15, 0.2) is 48.5 Å². The van der Waals surface area contributed by atoms with Crippen LogP contribution >= 0.6 is 0 Å². The third kappa shape index (κ3) is 3.02. The van der Waals surface area contributed by atoms with Crippen molar-refractivity contribution in [3.8, 4) is 11.1 Å². The molecule has 2 N–H and O–H groups in total. The average Bonchev–Trinajstić information content (AvgIpc) is 3.00. The van der Waals surface area contributed by atoms with Crippen molar-refractivity contribution in [2.75, 3.05) is 26.2 Å². The molecule has 25 heavy (non-hydrogen) atoms. The van der Waals surface area contributed by atoms with E-state index in [0.29, 0.717) is 25.6 Å². The molecule has 1 aliphatic heterocycles. The monoisotopic (exact) mass is 336 g/mol. The van der Waals surface area contributed by atoms with Gasteiger partial charge in [-0.1, -0.05) is 48.5 Å². The summed E-state index contributed by atoms with van der Waals surface area (Å²) in [5.41, 5.74) is 10.8. The highest BCUT2D eigenvalue weighted by Crippen LogP contribution is 2.44. The van der Waals surface area contributed by atoms with E-state index in [2.05, 4.69) is 48.5 Å². The van der Waals surface area contributed by atoms with Gasteiger partial charge in [0, 0.05) is 19.0 Å². The third-order valence-electron chi connectivity index (χ3n) is 5.45. The van der Waals surface area contributed by atoms with Crippen molar-refractivity contribution < 1.29 is 9.53 Å². The summed E-state index contributed by atoms with van der Waals surface area (Å²) in [6.45, 7) is 2.50. The lowest BCUT2D eigenvalue weighted by atomic mass is 9.98. The zero-order chi connectivity index (χ0) is 17.2. The van der Waals surface area contributed by atoms with E-state index in [0.717, 1.165) is 19.4 Å². The molecule has 1 atom stereocenters. The van der Waals surface area contributed by atoms with Gasteiger partial charge in [-0.25, -0.2) is 4.79 Å². The minimum Gasteiger partial charge on any atom is -0.448 e. The molecule has 0 aromatic heterocycles. The van der Waals surface area contributed by atoms with Crippen molar-refractivity contribution >= 4 is 6.09 Å². The largest absolute Gasteiger partial charge is 0.448 e. The Morgan fingerprint density at radius 1 is 1.08 bits per heavy atom. The number of ether oxygens (including phenoxy) is 1. The van der Waals surface area contributed by atoms with E-state index in [4.69, 9.17) is 10.5 Å². The van der Waals surface area contributed by atoms with Crippen LogP contribution in [0.25, 0.3) is 11.1 Å². The normalized spacial score (nSPS) is 19.4. The van der Waals surface area contributed by atoms with Gasteiger partial charge >= 0.3 is 6.09 Å². The molecule has 0 radical (unpaired) electrons. The highest BCUT2D eigenvalue weighted by atomic mass is 16.6. The van der Waals surface area contributed by atoms with E-state index >= 15 is 0 Å². The molecule has 4 heteroatoms. The smallest absolute Gasteiger partial charge is 0.409 e. The fourth-order valence-corrected chi connectivity index (χ4v) is 4.11. The molecular weight excluding hydrogens is 312 g/mol. The van der Waals surface area contributed by atoms with E-state index in [9.17, 15) is 4.79 Å². The molecule has 2 aromatic carbocycles. The molecule has 4 nitrogen and oxygen atoms in total. The number of nitrogens with zero attached hydrogens (tertiary/aromatic N) is 1. The third-order valence-corrected chi connectivity index (χ3v) is 5.45. The summed E-state index contributed by atoms with van der Waals surface area (Å²) in [6, 6.07) is 16.8. The summed E-state index contributed by atoms with van der Waals surface area (Å²) in [6.07, 6.45) is 1.90. The maximum Gasteiger partial charge on any atom is 0.409 e. The van der Waals surface area contributed by atoms with Crippen LogP contribution in [0.2, 0.25) is 0 Å². The molecule has 1 fully saturated rings. The number of likely N-dealkylation sites (tertiary alicyclic amines) is 1. The summed E-state index contributed by atoms with van der Waals surface area (Å²) < 4.78 is 5.72. The fraction of sp³-hybridized carbons (Fsp3) is 0.381. The standard InChI is InChI=1S/C21H24N2O2/c22-12-15-6-5-11-23(13-15)21(24)25-14-20-18-9-3-1-7-16(18)17-8-2-4-10-19(17)20/h1-4,7-10,15,20H,5-6,11-14,22H2/t15-/m1/s1. The summed E-state index contributed by atoms with van der Waals surface area (Å²) >= 11 is 0. The second-order valence-electron chi connectivity index (χ2n) is 6.99. The number of rotatable bonds is 3. The Morgan fingerprint density at radius 3 is 2.36 bits per heavy atom. The van der Waals surface area contributed by atoms with E-state index in [1.165, 1.54) is 22.3 Å². The van der Waals surface area contributed by atoms with Crippen molar-refractivity contribution in [3.63, 3.8) is 0 Å². The summed E-state index contributed by atoms with van der Waals surface area (Å²) in [5.74, 6) is 0.515. The minimum atomic E-state index is -0.208. The van der Waals surface area contributed by atoms with Gasteiger partial charge in [-0.2, -0.15) is 0 Å². The molecule has 0 spiro atoms. The lowest BCUT2D eigenvalue weighted by molar-refractivity contribution is 0.0832. The van der Waals surface area contributed by atoms with Gasteiger partial charge in [0.15, 0.2) is 0 Å². The number of amides is 1. The SMILES string of the molecule is NC[C@H]1CCCN(C(=O)OCC2c3ccccc3-c3ccccc32)C1. The molecule has 130 valence electrons. The number of benzene rings is 2. The lowest BCUT2D eigenvalue weighted by Crippen LogP contribution is -2.42. The first-order valence-corrected chi connectivity index (χ1v) is 9.08. The van der Waals surface area contributed by atoms with Gasteiger partial charge in [-0.15, -0.1) is 0 Å². The van der Waals surface area contributed by atoms with Gasteiger partial charge in [0.1, 0.15) is 6.61 Å². The maximum absolute atomic E-state index is 12.5. The summed E-state index contributed by atoms with van der Waals surface area (Å²) in [4.78, 5) is 14.3. The molecule has 4 rings (SSSR count). The quantitative estimate of drug-likeness (QED) is 0.931. The molecule has 1 aliphatic carbocycles. The molecule has 2 aromatic rings. The first kappa shape index (κ1) is 16.2. The van der Waals surface area contributed by atoms with Gasteiger partial charge in [0.2, 0.25) is 0 Å². The Morgan fingerprint density at radius 2 is 1.72 bits per heavy atom. The zero-order valence-electron chi connectivity index (χ0n) is 14.4. The van der Waals surface area contributed by atoms with Crippen LogP contribution in [0.3, 0.4) is 0 Å². The number of hydrogen-bond acceptors (Lipinski definition) is 3. The second kappa shape index (κ2) is 6.89. The van der Waals surface area contributed by atoms with Crippen LogP contribution in [-0.2, 0) is 4.74 Å². The van der Waals surface area contributed by atoms with E-state index in [-0.39, 0.29) is 12.0 Å². The highest BCUT2D eigenvalue weighted by Gasteiger charge is 2.30. The fourth-order valence-electron chi connectivity index (χ4n) is 4.11. The van der Waals surface area contributed by atoms with Crippen LogP contribution in [0, 0.1) is 5.92 Å². The van der Waals surface area contributed by atoms with Gasteiger partial charge in [-0.3, -0.25) is 0 Å². The molecule has 0 bridgehead atoms. The van der Waals surface area contributed by atoms with E-state index in [1.54, 1.807) is 0 Å². The van der Waals surface area contributed by atoms with Gasteiger partial charge in [-0.05, 0) is 47.6 Å². The molecule has 1 heterocycles. The Hall–Kier alpha value is -2.33. The zero-order valence-corrected chi connectivity index (χ0v) is 14.4. The van der Waals surface area contributed by atoms with Crippen LogP contribution in [0.4, 0.5) is 4.79 Å². The Labute approximate surface area is 148 Å². The summed E-state index contributed by atoms with van der Waals surface area (Å²) in [5, 5.41) is 0. The molecule has 2 aliphatic rings. The second-order valence-corrected chi connectivity index (χ2v) is 6.99. The van der Waals surface area contributed by atoms with Crippen molar-refractivity contribution in [2.24, 2.45) is 11.7 Å².